The summed E-state index contributed by atoms with van der Waals surface area (Å²) in [7, 11) is -3.62. The molecule has 3 N–H and O–H groups in total. The van der Waals surface area contributed by atoms with Crippen molar-refractivity contribution in [3.05, 3.63) is 29.8 Å². The number of benzene rings is 1. The van der Waals surface area contributed by atoms with Crippen LogP contribution in [-0.2, 0) is 10.0 Å². The Kier molecular flexibility index (Phi) is 6.80. The van der Waals surface area contributed by atoms with E-state index in [2.05, 4.69) is 5.32 Å². The molecule has 1 heterocycles. The zero-order valence-electron chi connectivity index (χ0n) is 12.5. The lowest BCUT2D eigenvalue weighted by Crippen LogP contribution is -2.42. The zero-order chi connectivity index (χ0) is 15.5. The highest BCUT2D eigenvalue weighted by molar-refractivity contribution is 7.89. The van der Waals surface area contributed by atoms with Crippen molar-refractivity contribution in [3.8, 4) is 0 Å². The smallest absolute Gasteiger partial charge is 0.248 e. The van der Waals surface area contributed by atoms with Gasteiger partial charge in [0.2, 0.25) is 15.9 Å². The Morgan fingerprint density at radius 1 is 1.45 bits per heavy atom. The maximum atomic E-state index is 12.8. The molecule has 0 radical (unpaired) electrons. The number of hydrogen-bond acceptors (Lipinski definition) is 4. The average Bonchev–Trinajstić information content (AvgIpc) is 2.98. The first-order valence-electron chi connectivity index (χ1n) is 7.09. The van der Waals surface area contributed by atoms with Gasteiger partial charge in [-0.3, -0.25) is 4.79 Å². The van der Waals surface area contributed by atoms with E-state index in [1.807, 2.05) is 6.92 Å². The molecular formula is C14H22ClN3O3S. The van der Waals surface area contributed by atoms with Crippen molar-refractivity contribution in [1.82, 2.24) is 9.62 Å². The van der Waals surface area contributed by atoms with Gasteiger partial charge in [0, 0.05) is 24.7 Å². The van der Waals surface area contributed by atoms with Crippen LogP contribution in [0.3, 0.4) is 0 Å². The number of halogens is 1. The van der Waals surface area contributed by atoms with Gasteiger partial charge in [-0.2, -0.15) is 4.31 Å². The Morgan fingerprint density at radius 2 is 2.18 bits per heavy atom. The van der Waals surface area contributed by atoms with Crippen molar-refractivity contribution in [2.24, 2.45) is 5.73 Å². The van der Waals surface area contributed by atoms with Gasteiger partial charge >= 0.3 is 0 Å². The molecule has 1 unspecified atom stereocenters. The Balaban J connectivity index is 0.00000242. The number of nitrogens with one attached hydrogen (secondary N) is 1. The van der Waals surface area contributed by atoms with E-state index in [0.717, 1.165) is 19.4 Å². The van der Waals surface area contributed by atoms with Crippen LogP contribution in [0.1, 0.15) is 30.1 Å². The summed E-state index contributed by atoms with van der Waals surface area (Å²) in [6, 6.07) is 5.88. The largest absolute Gasteiger partial charge is 0.366 e. The predicted molar refractivity (Wildman–Crippen MR) is 87.7 cm³/mol. The summed E-state index contributed by atoms with van der Waals surface area (Å²) in [6.45, 7) is 3.90. The zero-order valence-corrected chi connectivity index (χ0v) is 14.1. The second-order valence-electron chi connectivity index (χ2n) is 5.15. The minimum absolute atomic E-state index is 0. The van der Waals surface area contributed by atoms with Crippen LogP contribution in [0.15, 0.2) is 29.2 Å². The average molecular weight is 348 g/mol. The number of rotatable bonds is 6. The fourth-order valence-electron chi connectivity index (χ4n) is 2.55. The number of nitrogens with zero attached hydrogens (tertiary/aromatic N) is 1. The van der Waals surface area contributed by atoms with Crippen LogP contribution >= 0.6 is 12.4 Å². The van der Waals surface area contributed by atoms with Gasteiger partial charge in [0.05, 0.1) is 4.90 Å². The maximum absolute atomic E-state index is 12.8. The van der Waals surface area contributed by atoms with Crippen LogP contribution in [0.5, 0.6) is 0 Å². The van der Waals surface area contributed by atoms with Crippen molar-refractivity contribution in [2.45, 2.75) is 30.7 Å². The van der Waals surface area contributed by atoms with E-state index in [1.54, 1.807) is 6.07 Å². The fourth-order valence-corrected chi connectivity index (χ4v) is 4.34. The molecule has 124 valence electrons. The summed E-state index contributed by atoms with van der Waals surface area (Å²) in [5, 5.41) is 3.18. The summed E-state index contributed by atoms with van der Waals surface area (Å²) in [6.07, 6.45) is 1.54. The molecule has 1 saturated heterocycles. The molecule has 1 aromatic rings. The van der Waals surface area contributed by atoms with Crippen LogP contribution in [0.4, 0.5) is 0 Å². The monoisotopic (exact) mass is 347 g/mol. The standard InChI is InChI=1S/C14H21N3O3S.ClH/c1-2-8-17(12-6-7-16-10-12)21(19,20)13-5-3-4-11(9-13)14(15)18;/h3-5,9,12,16H,2,6-8,10H2,1H3,(H2,15,18);1H. The molecule has 0 spiro atoms. The van der Waals surface area contributed by atoms with E-state index in [0.29, 0.717) is 13.1 Å². The van der Waals surface area contributed by atoms with Gasteiger partial charge in [0.15, 0.2) is 0 Å². The molecule has 0 aromatic heterocycles. The van der Waals surface area contributed by atoms with Crippen LogP contribution in [0, 0.1) is 0 Å². The van der Waals surface area contributed by atoms with Gasteiger partial charge in [0.1, 0.15) is 0 Å². The lowest BCUT2D eigenvalue weighted by Gasteiger charge is -2.27. The Hall–Kier alpha value is -1.15. The van der Waals surface area contributed by atoms with E-state index in [1.165, 1.54) is 22.5 Å². The third kappa shape index (κ3) is 3.98. The number of nitrogens with two attached hydrogens (primary N) is 1. The molecule has 0 bridgehead atoms. The molecule has 6 nitrogen and oxygen atoms in total. The Bertz CT molecular complexity index is 616. The minimum Gasteiger partial charge on any atom is -0.366 e. The summed E-state index contributed by atoms with van der Waals surface area (Å²) in [5.41, 5.74) is 5.43. The number of hydrogen-bond donors (Lipinski definition) is 2. The van der Waals surface area contributed by atoms with Gasteiger partial charge in [0.25, 0.3) is 0 Å². The Labute approximate surface area is 137 Å². The van der Waals surface area contributed by atoms with Crippen LogP contribution in [-0.4, -0.2) is 44.3 Å². The lowest BCUT2D eigenvalue weighted by atomic mass is 10.2. The summed E-state index contributed by atoms with van der Waals surface area (Å²) in [5.74, 6) is -0.628. The fraction of sp³-hybridized carbons (Fsp3) is 0.500. The minimum atomic E-state index is -3.62. The number of carbonyl (C=O) groups excluding carboxylic acids is 1. The third-order valence-electron chi connectivity index (χ3n) is 3.61. The summed E-state index contributed by atoms with van der Waals surface area (Å²) >= 11 is 0. The molecule has 2 rings (SSSR count). The van der Waals surface area contributed by atoms with E-state index in [-0.39, 0.29) is 28.9 Å². The topological polar surface area (TPSA) is 92.5 Å². The second kappa shape index (κ2) is 7.92. The molecular weight excluding hydrogens is 326 g/mol. The molecule has 1 aliphatic heterocycles. The second-order valence-corrected chi connectivity index (χ2v) is 7.05. The van der Waals surface area contributed by atoms with Gasteiger partial charge in [-0.1, -0.05) is 13.0 Å². The number of amides is 1. The number of primary amides is 1. The molecule has 1 aromatic carbocycles. The van der Waals surface area contributed by atoms with Gasteiger partial charge < -0.3 is 11.1 Å². The van der Waals surface area contributed by atoms with Crippen molar-refractivity contribution in [2.75, 3.05) is 19.6 Å². The van der Waals surface area contributed by atoms with E-state index >= 15 is 0 Å². The molecule has 0 aliphatic carbocycles. The summed E-state index contributed by atoms with van der Waals surface area (Å²) < 4.78 is 27.2. The molecule has 22 heavy (non-hydrogen) atoms. The first-order chi connectivity index (χ1) is 9.96. The van der Waals surface area contributed by atoms with Crippen LogP contribution < -0.4 is 11.1 Å². The normalized spacial score (nSPS) is 18.2. The van der Waals surface area contributed by atoms with Gasteiger partial charge in [-0.05, 0) is 37.6 Å². The van der Waals surface area contributed by atoms with E-state index in [4.69, 9.17) is 5.73 Å². The molecule has 1 aliphatic rings. The highest BCUT2D eigenvalue weighted by Gasteiger charge is 2.32. The van der Waals surface area contributed by atoms with Gasteiger partial charge in [-0.25, -0.2) is 8.42 Å². The highest BCUT2D eigenvalue weighted by Crippen LogP contribution is 2.22. The molecule has 1 fully saturated rings. The SMILES string of the molecule is CCCN(C1CCNC1)S(=O)(=O)c1cccc(C(N)=O)c1.Cl. The number of carbonyl (C=O) groups is 1. The maximum Gasteiger partial charge on any atom is 0.248 e. The summed E-state index contributed by atoms with van der Waals surface area (Å²) in [4.78, 5) is 11.4. The Morgan fingerprint density at radius 3 is 2.73 bits per heavy atom. The van der Waals surface area contributed by atoms with Gasteiger partial charge in [-0.15, -0.1) is 12.4 Å². The first-order valence-corrected chi connectivity index (χ1v) is 8.53. The van der Waals surface area contributed by atoms with Crippen LogP contribution in [0.2, 0.25) is 0 Å². The third-order valence-corrected chi connectivity index (χ3v) is 5.56. The van der Waals surface area contributed by atoms with Crippen molar-refractivity contribution in [1.29, 1.82) is 0 Å². The molecule has 8 heteroatoms. The van der Waals surface area contributed by atoms with E-state index < -0.39 is 15.9 Å². The number of sulfonamides is 1. The van der Waals surface area contributed by atoms with Crippen molar-refractivity contribution < 1.29 is 13.2 Å². The molecule has 1 atom stereocenters. The molecule has 1 amide bonds. The van der Waals surface area contributed by atoms with Crippen LogP contribution in [0.25, 0.3) is 0 Å². The van der Waals surface area contributed by atoms with E-state index in [9.17, 15) is 13.2 Å². The first kappa shape index (κ1) is 18.9. The quantitative estimate of drug-likeness (QED) is 0.802. The highest BCUT2D eigenvalue weighted by atomic mass is 35.5. The predicted octanol–water partition coefficient (Wildman–Crippen LogP) is 0.970. The van der Waals surface area contributed by atoms with Crippen molar-refractivity contribution >= 4 is 28.3 Å². The molecule has 0 saturated carbocycles. The van der Waals surface area contributed by atoms with Crippen molar-refractivity contribution in [3.63, 3.8) is 0 Å². The lowest BCUT2D eigenvalue weighted by molar-refractivity contribution is 0.1000.